The second kappa shape index (κ2) is 7.09. The Labute approximate surface area is 122 Å². The van der Waals surface area contributed by atoms with Crippen molar-refractivity contribution in [2.45, 2.75) is 67.2 Å². The minimum Gasteiger partial charge on any atom is -0.481 e. The lowest BCUT2D eigenvalue weighted by Crippen LogP contribution is -2.29. The summed E-state index contributed by atoms with van der Waals surface area (Å²) in [5.41, 5.74) is -0.524. The molecule has 2 atom stereocenters. The molecule has 0 aliphatic heterocycles. The van der Waals surface area contributed by atoms with Gasteiger partial charge in [-0.15, -0.1) is 0 Å². The molecule has 0 amide bonds. The van der Waals surface area contributed by atoms with Gasteiger partial charge in [-0.3, -0.25) is 9.59 Å². The summed E-state index contributed by atoms with van der Waals surface area (Å²) >= 11 is 0. The van der Waals surface area contributed by atoms with E-state index in [9.17, 15) is 19.8 Å². The van der Waals surface area contributed by atoms with Gasteiger partial charge in [0.1, 0.15) is 0 Å². The average molecular weight is 286 g/mol. The molecule has 2 unspecified atom stereocenters. The second-order valence-corrected chi connectivity index (χ2v) is 7.80. The number of aliphatic carboxylic acids is 2. The van der Waals surface area contributed by atoms with Gasteiger partial charge in [-0.05, 0) is 23.7 Å². The van der Waals surface area contributed by atoms with Gasteiger partial charge in [0.15, 0.2) is 0 Å². The Hall–Kier alpha value is -1.06. The van der Waals surface area contributed by atoms with E-state index in [1.807, 2.05) is 41.5 Å². The maximum atomic E-state index is 11.2. The fourth-order valence-corrected chi connectivity index (χ4v) is 2.55. The van der Waals surface area contributed by atoms with E-state index in [-0.39, 0.29) is 22.7 Å². The van der Waals surface area contributed by atoms with Crippen molar-refractivity contribution in [3.8, 4) is 0 Å². The Morgan fingerprint density at radius 2 is 1.00 bits per heavy atom. The van der Waals surface area contributed by atoms with Gasteiger partial charge in [0, 0.05) is 0 Å². The lowest BCUT2D eigenvalue weighted by atomic mass is 9.76. The van der Waals surface area contributed by atoms with Crippen LogP contribution in [0.3, 0.4) is 0 Å². The summed E-state index contributed by atoms with van der Waals surface area (Å²) in [5, 5.41) is 18.5. The number of carboxylic acids is 2. The molecule has 0 aliphatic rings. The average Bonchev–Trinajstić information content (AvgIpc) is 2.17. The van der Waals surface area contributed by atoms with E-state index in [1.165, 1.54) is 0 Å². The monoisotopic (exact) mass is 286 g/mol. The molecule has 0 spiro atoms. The summed E-state index contributed by atoms with van der Waals surface area (Å²) in [6.45, 7) is 11.6. The topological polar surface area (TPSA) is 74.6 Å². The Kier molecular flexibility index (Phi) is 6.72. The van der Waals surface area contributed by atoms with Crippen molar-refractivity contribution in [3.05, 3.63) is 0 Å². The number of hydrogen-bond donors (Lipinski definition) is 2. The van der Waals surface area contributed by atoms with Gasteiger partial charge < -0.3 is 10.2 Å². The first-order valence-corrected chi connectivity index (χ1v) is 7.33. The summed E-state index contributed by atoms with van der Waals surface area (Å²) < 4.78 is 0. The predicted octanol–water partition coefficient (Wildman–Crippen LogP) is 4.04. The molecule has 0 aromatic rings. The molecule has 0 aliphatic carbocycles. The van der Waals surface area contributed by atoms with Crippen LogP contribution in [0.15, 0.2) is 0 Å². The van der Waals surface area contributed by atoms with Gasteiger partial charge in [-0.2, -0.15) is 0 Å². The molecular formula is C16H30O4. The highest BCUT2D eigenvalue weighted by atomic mass is 16.4. The van der Waals surface area contributed by atoms with Gasteiger partial charge in [-0.25, -0.2) is 0 Å². The molecule has 0 aromatic heterocycles. The van der Waals surface area contributed by atoms with Crippen molar-refractivity contribution < 1.29 is 19.8 Å². The molecule has 0 saturated heterocycles. The Morgan fingerprint density at radius 3 is 1.15 bits per heavy atom. The molecular weight excluding hydrogens is 256 g/mol. The first-order valence-electron chi connectivity index (χ1n) is 7.33. The molecule has 20 heavy (non-hydrogen) atoms. The number of carboxylic acid groups (broad SMARTS) is 2. The van der Waals surface area contributed by atoms with E-state index >= 15 is 0 Å². The van der Waals surface area contributed by atoms with Gasteiger partial charge in [0.25, 0.3) is 0 Å². The van der Waals surface area contributed by atoms with Crippen molar-refractivity contribution in [1.82, 2.24) is 0 Å². The van der Waals surface area contributed by atoms with Crippen LogP contribution in [0.4, 0.5) is 0 Å². The lowest BCUT2D eigenvalue weighted by molar-refractivity contribution is -0.147. The molecule has 0 heterocycles. The normalized spacial score (nSPS) is 15.7. The highest BCUT2D eigenvalue weighted by Crippen LogP contribution is 2.33. The molecule has 0 bridgehead atoms. The van der Waals surface area contributed by atoms with E-state index in [4.69, 9.17) is 0 Å². The summed E-state index contributed by atoms with van der Waals surface area (Å²) in [5.74, 6) is -2.27. The molecule has 0 aromatic carbocycles. The minimum atomic E-state index is -0.761. The van der Waals surface area contributed by atoms with Crippen LogP contribution in [0, 0.1) is 22.7 Å². The van der Waals surface area contributed by atoms with Crippen molar-refractivity contribution in [2.75, 3.05) is 0 Å². The van der Waals surface area contributed by atoms with Crippen LogP contribution in [0.5, 0.6) is 0 Å². The molecule has 118 valence electrons. The van der Waals surface area contributed by atoms with E-state index in [0.717, 1.165) is 12.8 Å². The highest BCUT2D eigenvalue weighted by molar-refractivity contribution is 5.71. The molecule has 4 nitrogen and oxygen atoms in total. The van der Waals surface area contributed by atoms with E-state index in [2.05, 4.69) is 0 Å². The summed E-state index contributed by atoms with van der Waals surface area (Å²) in [4.78, 5) is 22.5. The summed E-state index contributed by atoms with van der Waals surface area (Å²) in [6.07, 6.45) is 2.73. The van der Waals surface area contributed by atoms with Crippen LogP contribution >= 0.6 is 0 Å². The number of unbranched alkanes of at least 4 members (excludes halogenated alkanes) is 1. The summed E-state index contributed by atoms with van der Waals surface area (Å²) in [7, 11) is 0. The van der Waals surface area contributed by atoms with Crippen LogP contribution < -0.4 is 0 Å². The smallest absolute Gasteiger partial charge is 0.307 e. The predicted molar refractivity (Wildman–Crippen MR) is 79.6 cm³/mol. The van der Waals surface area contributed by atoms with Gasteiger partial charge in [-0.1, -0.05) is 54.4 Å². The zero-order valence-corrected chi connectivity index (χ0v) is 13.7. The SMILES string of the molecule is CC(C)(C)C(CCCCC(C(=O)O)C(C)(C)C)C(=O)O. The zero-order chi connectivity index (χ0) is 16.1. The zero-order valence-electron chi connectivity index (χ0n) is 13.7. The van der Waals surface area contributed by atoms with Crippen LogP contribution in [0.25, 0.3) is 0 Å². The minimum absolute atomic E-state index is 0.262. The Morgan fingerprint density at radius 1 is 0.750 bits per heavy atom. The van der Waals surface area contributed by atoms with Gasteiger partial charge in [0.05, 0.1) is 11.8 Å². The molecule has 0 rings (SSSR count). The quantitative estimate of drug-likeness (QED) is 0.693. The first-order chi connectivity index (χ1) is 8.87. The molecule has 2 N–H and O–H groups in total. The third kappa shape index (κ3) is 6.40. The maximum Gasteiger partial charge on any atom is 0.307 e. The number of carbonyl (C=O) groups is 2. The largest absolute Gasteiger partial charge is 0.481 e. The second-order valence-electron chi connectivity index (χ2n) is 7.80. The fraction of sp³-hybridized carbons (Fsp3) is 0.875. The van der Waals surface area contributed by atoms with Crippen molar-refractivity contribution in [2.24, 2.45) is 22.7 Å². The highest BCUT2D eigenvalue weighted by Gasteiger charge is 2.32. The van der Waals surface area contributed by atoms with Gasteiger partial charge >= 0.3 is 11.9 Å². The Balaban J connectivity index is 4.37. The molecule has 0 fully saturated rings. The van der Waals surface area contributed by atoms with Crippen LogP contribution in [-0.4, -0.2) is 22.2 Å². The fourth-order valence-electron chi connectivity index (χ4n) is 2.55. The standard InChI is InChI=1S/C16H30O4/c1-15(2,3)11(13(17)18)9-7-8-10-12(14(19)20)16(4,5)6/h11-12H,7-10H2,1-6H3,(H,17,18)(H,19,20). The van der Waals surface area contributed by atoms with Crippen LogP contribution in [-0.2, 0) is 9.59 Å². The Bertz CT molecular complexity index is 299. The van der Waals surface area contributed by atoms with Gasteiger partial charge in [0.2, 0.25) is 0 Å². The van der Waals surface area contributed by atoms with Crippen molar-refractivity contribution >= 4 is 11.9 Å². The maximum absolute atomic E-state index is 11.2. The van der Waals surface area contributed by atoms with Crippen molar-refractivity contribution in [3.63, 3.8) is 0 Å². The van der Waals surface area contributed by atoms with Crippen LogP contribution in [0.1, 0.15) is 67.2 Å². The molecule has 4 heteroatoms. The third-order valence-corrected chi connectivity index (χ3v) is 3.92. The van der Waals surface area contributed by atoms with E-state index in [0.29, 0.717) is 12.8 Å². The van der Waals surface area contributed by atoms with E-state index < -0.39 is 11.9 Å². The summed E-state index contributed by atoms with van der Waals surface area (Å²) in [6, 6.07) is 0. The number of rotatable bonds is 7. The third-order valence-electron chi connectivity index (χ3n) is 3.92. The lowest BCUT2D eigenvalue weighted by Gasteiger charge is -2.28. The molecule has 0 radical (unpaired) electrons. The number of hydrogen-bond acceptors (Lipinski definition) is 2. The molecule has 0 saturated carbocycles. The van der Waals surface area contributed by atoms with Crippen molar-refractivity contribution in [1.29, 1.82) is 0 Å². The van der Waals surface area contributed by atoms with Crippen LogP contribution in [0.2, 0.25) is 0 Å². The van der Waals surface area contributed by atoms with E-state index in [1.54, 1.807) is 0 Å². The first kappa shape index (κ1) is 18.9.